The number of hydrogen-bond donors (Lipinski definition) is 2. The van der Waals surface area contributed by atoms with Gasteiger partial charge in [0.2, 0.25) is 0 Å². The first kappa shape index (κ1) is 10.6. The van der Waals surface area contributed by atoms with Crippen molar-refractivity contribution >= 4 is 0 Å². The van der Waals surface area contributed by atoms with Crippen LogP contribution >= 0.6 is 0 Å². The Balaban J connectivity index is 2.08. The molecule has 0 saturated carbocycles. The first-order chi connectivity index (χ1) is 7.27. The van der Waals surface area contributed by atoms with Crippen molar-refractivity contribution in [3.05, 3.63) is 29.6 Å². The molecule has 2 atom stereocenters. The zero-order valence-electron chi connectivity index (χ0n) is 9.11. The van der Waals surface area contributed by atoms with E-state index in [2.05, 4.69) is 16.4 Å². The number of aryl methyl sites for hydroxylation is 1. The normalized spacial score (nSPS) is 22.1. The van der Waals surface area contributed by atoms with Gasteiger partial charge in [0.1, 0.15) is 0 Å². The molecule has 1 aromatic heterocycles. The number of aliphatic hydroxyl groups excluding tert-OH is 1. The minimum atomic E-state index is -0.293. The summed E-state index contributed by atoms with van der Waals surface area (Å²) in [5.41, 5.74) is 2.52. The molecule has 1 aromatic rings. The summed E-state index contributed by atoms with van der Waals surface area (Å²) in [6.45, 7) is 2.44. The number of nitrogens with one attached hydrogen (secondary N) is 1. The summed E-state index contributed by atoms with van der Waals surface area (Å²) in [5.74, 6) is 0. The first-order valence-electron chi connectivity index (χ1n) is 5.62. The summed E-state index contributed by atoms with van der Waals surface area (Å²) < 4.78 is 0. The van der Waals surface area contributed by atoms with Gasteiger partial charge < -0.3 is 10.4 Å². The van der Waals surface area contributed by atoms with Crippen molar-refractivity contribution in [2.75, 3.05) is 6.54 Å². The van der Waals surface area contributed by atoms with E-state index in [-0.39, 0.29) is 6.10 Å². The topological polar surface area (TPSA) is 45.1 Å². The Morgan fingerprint density at radius 2 is 2.53 bits per heavy atom. The van der Waals surface area contributed by atoms with Gasteiger partial charge in [0.05, 0.1) is 11.8 Å². The van der Waals surface area contributed by atoms with Crippen LogP contribution in [0.15, 0.2) is 18.3 Å². The largest absolute Gasteiger partial charge is 0.392 e. The molecule has 0 amide bonds. The van der Waals surface area contributed by atoms with Gasteiger partial charge in [-0.15, -0.1) is 0 Å². The van der Waals surface area contributed by atoms with Gasteiger partial charge in [-0.2, -0.15) is 0 Å². The van der Waals surface area contributed by atoms with E-state index in [4.69, 9.17) is 0 Å². The van der Waals surface area contributed by atoms with Crippen molar-refractivity contribution in [1.82, 2.24) is 10.3 Å². The second kappa shape index (κ2) is 4.73. The zero-order chi connectivity index (χ0) is 10.7. The SMILES string of the molecule is CC(O)CNC1CCCc2cccnc21. The van der Waals surface area contributed by atoms with E-state index in [9.17, 15) is 5.11 Å². The summed E-state index contributed by atoms with van der Waals surface area (Å²) in [4.78, 5) is 4.43. The molecule has 1 aliphatic rings. The molecule has 0 fully saturated rings. The van der Waals surface area contributed by atoms with Crippen LogP contribution in [0.25, 0.3) is 0 Å². The van der Waals surface area contributed by atoms with Crippen molar-refractivity contribution in [3.63, 3.8) is 0 Å². The van der Waals surface area contributed by atoms with Gasteiger partial charge in [0, 0.05) is 18.8 Å². The van der Waals surface area contributed by atoms with E-state index >= 15 is 0 Å². The smallest absolute Gasteiger partial charge is 0.0636 e. The maximum Gasteiger partial charge on any atom is 0.0636 e. The van der Waals surface area contributed by atoms with Crippen LogP contribution in [0.5, 0.6) is 0 Å². The van der Waals surface area contributed by atoms with Crippen LogP contribution in [-0.4, -0.2) is 22.7 Å². The number of aromatic nitrogens is 1. The standard InChI is InChI=1S/C12H18N2O/c1-9(15)8-14-11-6-2-4-10-5-3-7-13-12(10)11/h3,5,7,9,11,14-15H,2,4,6,8H2,1H3. The molecule has 0 radical (unpaired) electrons. The van der Waals surface area contributed by atoms with E-state index in [1.807, 2.05) is 12.3 Å². The Bertz CT molecular complexity index is 325. The van der Waals surface area contributed by atoms with Gasteiger partial charge in [-0.05, 0) is 37.8 Å². The second-order valence-corrected chi connectivity index (χ2v) is 4.25. The number of nitrogens with zero attached hydrogens (tertiary/aromatic N) is 1. The maximum atomic E-state index is 9.25. The molecular weight excluding hydrogens is 188 g/mol. The minimum Gasteiger partial charge on any atom is -0.392 e. The molecule has 0 aliphatic heterocycles. The van der Waals surface area contributed by atoms with Crippen molar-refractivity contribution in [2.45, 2.75) is 38.3 Å². The third kappa shape index (κ3) is 2.55. The zero-order valence-corrected chi connectivity index (χ0v) is 9.11. The molecular formula is C12H18N2O. The summed E-state index contributed by atoms with van der Waals surface area (Å²) in [5, 5.41) is 12.6. The van der Waals surface area contributed by atoms with E-state index < -0.39 is 0 Å². The number of fused-ring (bicyclic) bond motifs is 1. The van der Waals surface area contributed by atoms with E-state index in [0.717, 1.165) is 12.8 Å². The lowest BCUT2D eigenvalue weighted by Gasteiger charge is -2.25. The average molecular weight is 206 g/mol. The molecule has 0 saturated heterocycles. The molecule has 2 unspecified atom stereocenters. The second-order valence-electron chi connectivity index (χ2n) is 4.25. The van der Waals surface area contributed by atoms with Gasteiger partial charge in [0.25, 0.3) is 0 Å². The van der Waals surface area contributed by atoms with Gasteiger partial charge >= 0.3 is 0 Å². The lowest BCUT2D eigenvalue weighted by atomic mass is 9.92. The van der Waals surface area contributed by atoms with Gasteiger partial charge in [-0.3, -0.25) is 4.98 Å². The quantitative estimate of drug-likeness (QED) is 0.786. The van der Waals surface area contributed by atoms with Crippen LogP contribution in [0.3, 0.4) is 0 Å². The molecule has 3 nitrogen and oxygen atoms in total. The molecule has 2 rings (SSSR count). The third-order valence-corrected chi connectivity index (χ3v) is 2.85. The van der Waals surface area contributed by atoms with Gasteiger partial charge in [-0.25, -0.2) is 0 Å². The van der Waals surface area contributed by atoms with Crippen molar-refractivity contribution in [3.8, 4) is 0 Å². The van der Waals surface area contributed by atoms with Crippen molar-refractivity contribution in [2.24, 2.45) is 0 Å². The fourth-order valence-electron chi connectivity index (χ4n) is 2.12. The molecule has 15 heavy (non-hydrogen) atoms. The van der Waals surface area contributed by atoms with E-state index in [1.54, 1.807) is 6.92 Å². The highest BCUT2D eigenvalue weighted by molar-refractivity contribution is 5.25. The molecule has 0 spiro atoms. The molecule has 0 bridgehead atoms. The summed E-state index contributed by atoms with van der Waals surface area (Å²) in [6, 6.07) is 4.47. The van der Waals surface area contributed by atoms with Crippen LogP contribution in [0.4, 0.5) is 0 Å². The lowest BCUT2D eigenvalue weighted by Crippen LogP contribution is -2.31. The van der Waals surface area contributed by atoms with Gasteiger partial charge in [0.15, 0.2) is 0 Å². The summed E-state index contributed by atoms with van der Waals surface area (Å²) >= 11 is 0. The van der Waals surface area contributed by atoms with Crippen molar-refractivity contribution < 1.29 is 5.11 Å². The predicted octanol–water partition coefficient (Wildman–Crippen LogP) is 1.43. The highest BCUT2D eigenvalue weighted by atomic mass is 16.3. The summed E-state index contributed by atoms with van der Waals surface area (Å²) in [7, 11) is 0. The Hall–Kier alpha value is -0.930. The van der Waals surface area contributed by atoms with Crippen LogP contribution < -0.4 is 5.32 Å². The number of rotatable bonds is 3. The molecule has 2 N–H and O–H groups in total. The van der Waals surface area contributed by atoms with E-state index in [1.165, 1.54) is 17.7 Å². The third-order valence-electron chi connectivity index (χ3n) is 2.85. The Morgan fingerprint density at radius 1 is 1.67 bits per heavy atom. The van der Waals surface area contributed by atoms with Crippen LogP contribution in [0.1, 0.15) is 37.1 Å². The Kier molecular flexibility index (Phi) is 3.34. The average Bonchev–Trinajstić information content (AvgIpc) is 2.26. The number of aliphatic hydroxyl groups is 1. The number of pyridine rings is 1. The highest BCUT2D eigenvalue weighted by Crippen LogP contribution is 2.27. The molecule has 82 valence electrons. The lowest BCUT2D eigenvalue weighted by molar-refractivity contribution is 0.184. The van der Waals surface area contributed by atoms with Crippen LogP contribution in [0.2, 0.25) is 0 Å². The summed E-state index contributed by atoms with van der Waals surface area (Å²) in [6.07, 6.45) is 5.02. The monoisotopic (exact) mass is 206 g/mol. The molecule has 1 heterocycles. The highest BCUT2D eigenvalue weighted by Gasteiger charge is 2.20. The Morgan fingerprint density at radius 3 is 3.33 bits per heavy atom. The molecule has 0 aromatic carbocycles. The Labute approximate surface area is 90.5 Å². The number of hydrogen-bond acceptors (Lipinski definition) is 3. The minimum absolute atomic E-state index is 0.293. The predicted molar refractivity (Wildman–Crippen MR) is 59.6 cm³/mol. The fraction of sp³-hybridized carbons (Fsp3) is 0.583. The molecule has 1 aliphatic carbocycles. The molecule has 3 heteroatoms. The van der Waals surface area contributed by atoms with Crippen LogP contribution in [-0.2, 0) is 6.42 Å². The van der Waals surface area contributed by atoms with E-state index in [0.29, 0.717) is 12.6 Å². The fourth-order valence-corrected chi connectivity index (χ4v) is 2.12. The van der Waals surface area contributed by atoms with Crippen molar-refractivity contribution in [1.29, 1.82) is 0 Å². The van der Waals surface area contributed by atoms with Gasteiger partial charge in [-0.1, -0.05) is 6.07 Å². The maximum absolute atomic E-state index is 9.25. The van der Waals surface area contributed by atoms with Crippen LogP contribution in [0, 0.1) is 0 Å². The first-order valence-corrected chi connectivity index (χ1v) is 5.62.